The van der Waals surface area contributed by atoms with Crippen LogP contribution in [-0.2, 0) is 4.79 Å². The molecule has 2 amide bonds. The van der Waals surface area contributed by atoms with Crippen LogP contribution in [0.2, 0.25) is 0 Å². The zero-order chi connectivity index (χ0) is 15.9. The fourth-order valence-corrected chi connectivity index (χ4v) is 2.07. The van der Waals surface area contributed by atoms with Crippen molar-refractivity contribution >= 4 is 33.8 Å². The minimum atomic E-state index is -0.352. The molecule has 2 aromatic rings. The van der Waals surface area contributed by atoms with E-state index >= 15 is 0 Å². The van der Waals surface area contributed by atoms with Gasteiger partial charge in [0.2, 0.25) is 0 Å². The predicted molar refractivity (Wildman–Crippen MR) is 90.1 cm³/mol. The highest BCUT2D eigenvalue weighted by molar-refractivity contribution is 9.10. The molecule has 0 aliphatic rings. The molecule has 0 radical (unpaired) electrons. The number of nitrogens with one attached hydrogen (secondary N) is 2. The van der Waals surface area contributed by atoms with E-state index in [4.69, 9.17) is 0 Å². The maximum atomic E-state index is 12.2. The van der Waals surface area contributed by atoms with E-state index in [9.17, 15) is 9.59 Å². The molecule has 0 fully saturated rings. The van der Waals surface area contributed by atoms with E-state index in [0.717, 1.165) is 10.0 Å². The summed E-state index contributed by atoms with van der Waals surface area (Å²) in [7, 11) is 1.52. The van der Waals surface area contributed by atoms with Gasteiger partial charge in [0.25, 0.3) is 11.8 Å². The van der Waals surface area contributed by atoms with Crippen LogP contribution in [0.3, 0.4) is 0 Å². The van der Waals surface area contributed by atoms with Crippen molar-refractivity contribution in [1.82, 2.24) is 10.6 Å². The van der Waals surface area contributed by atoms with E-state index in [1.807, 2.05) is 30.3 Å². The minimum absolute atomic E-state index is 0.196. The van der Waals surface area contributed by atoms with Crippen LogP contribution in [0.15, 0.2) is 64.8 Å². The average molecular weight is 359 g/mol. The Labute approximate surface area is 137 Å². The molecule has 112 valence electrons. The van der Waals surface area contributed by atoms with Crippen LogP contribution in [0.1, 0.15) is 15.9 Å². The Hall–Kier alpha value is -2.40. The van der Waals surface area contributed by atoms with Crippen molar-refractivity contribution in [3.8, 4) is 0 Å². The third-order valence-corrected chi connectivity index (χ3v) is 3.47. The van der Waals surface area contributed by atoms with Gasteiger partial charge in [-0.25, -0.2) is 0 Å². The van der Waals surface area contributed by atoms with Crippen LogP contribution in [0, 0.1) is 0 Å². The van der Waals surface area contributed by atoms with E-state index < -0.39 is 0 Å². The topological polar surface area (TPSA) is 58.2 Å². The SMILES string of the molecule is CNC(=O)/C(=C/c1ccccc1)NC(=O)c1ccc(Br)cc1. The molecule has 22 heavy (non-hydrogen) atoms. The van der Waals surface area contributed by atoms with Gasteiger partial charge in [0.1, 0.15) is 5.70 Å². The van der Waals surface area contributed by atoms with Gasteiger partial charge in [-0.3, -0.25) is 9.59 Å². The molecule has 0 atom stereocenters. The van der Waals surface area contributed by atoms with Crippen molar-refractivity contribution in [2.75, 3.05) is 7.05 Å². The Morgan fingerprint density at radius 1 is 1.00 bits per heavy atom. The van der Waals surface area contributed by atoms with Gasteiger partial charge in [-0.2, -0.15) is 0 Å². The van der Waals surface area contributed by atoms with Gasteiger partial charge in [0.15, 0.2) is 0 Å². The lowest BCUT2D eigenvalue weighted by atomic mass is 10.1. The first kappa shape index (κ1) is 16.0. The summed E-state index contributed by atoms with van der Waals surface area (Å²) in [5.41, 5.74) is 1.50. The molecule has 2 aromatic carbocycles. The standard InChI is InChI=1S/C17H15BrN2O2/c1-19-17(22)15(11-12-5-3-2-4-6-12)20-16(21)13-7-9-14(18)10-8-13/h2-11H,1H3,(H,19,22)(H,20,21)/b15-11-. The molecule has 0 saturated carbocycles. The number of hydrogen-bond donors (Lipinski definition) is 2. The summed E-state index contributed by atoms with van der Waals surface area (Å²) in [6.45, 7) is 0. The maximum Gasteiger partial charge on any atom is 0.267 e. The fraction of sp³-hybridized carbons (Fsp3) is 0.0588. The fourth-order valence-electron chi connectivity index (χ4n) is 1.80. The van der Waals surface area contributed by atoms with Crippen LogP contribution in [0.25, 0.3) is 6.08 Å². The quantitative estimate of drug-likeness (QED) is 0.825. The number of hydrogen-bond acceptors (Lipinski definition) is 2. The number of carbonyl (C=O) groups is 2. The van der Waals surface area contributed by atoms with Crippen molar-refractivity contribution in [2.45, 2.75) is 0 Å². The van der Waals surface area contributed by atoms with Gasteiger partial charge < -0.3 is 10.6 Å². The average Bonchev–Trinajstić information content (AvgIpc) is 2.55. The number of rotatable bonds is 4. The van der Waals surface area contributed by atoms with Crippen LogP contribution >= 0.6 is 15.9 Å². The lowest BCUT2D eigenvalue weighted by Gasteiger charge is -2.09. The molecule has 4 nitrogen and oxygen atoms in total. The molecular formula is C17H15BrN2O2. The summed E-state index contributed by atoms with van der Waals surface area (Å²) in [4.78, 5) is 24.2. The molecule has 0 unspecified atom stereocenters. The lowest BCUT2D eigenvalue weighted by Crippen LogP contribution is -2.33. The number of carbonyl (C=O) groups excluding carboxylic acids is 2. The van der Waals surface area contributed by atoms with Crippen LogP contribution in [0.5, 0.6) is 0 Å². The number of amides is 2. The molecule has 0 aromatic heterocycles. The first-order valence-corrected chi connectivity index (χ1v) is 7.45. The van der Waals surface area contributed by atoms with Crippen LogP contribution < -0.4 is 10.6 Å². The Morgan fingerprint density at radius 3 is 2.23 bits per heavy atom. The van der Waals surface area contributed by atoms with Crippen molar-refractivity contribution < 1.29 is 9.59 Å². The third kappa shape index (κ3) is 4.30. The largest absolute Gasteiger partial charge is 0.354 e. The first-order valence-electron chi connectivity index (χ1n) is 6.66. The minimum Gasteiger partial charge on any atom is -0.354 e. The van der Waals surface area contributed by atoms with Crippen molar-refractivity contribution in [1.29, 1.82) is 0 Å². The Balaban J connectivity index is 2.24. The number of benzene rings is 2. The number of likely N-dealkylation sites (N-methyl/N-ethyl adjacent to an activating group) is 1. The molecule has 2 rings (SSSR count). The second kappa shape index (κ2) is 7.56. The molecular weight excluding hydrogens is 344 g/mol. The first-order chi connectivity index (χ1) is 10.6. The van der Waals surface area contributed by atoms with Gasteiger partial charge >= 0.3 is 0 Å². The Morgan fingerprint density at radius 2 is 1.64 bits per heavy atom. The van der Waals surface area contributed by atoms with Gasteiger partial charge in [0, 0.05) is 17.1 Å². The second-order valence-electron chi connectivity index (χ2n) is 4.51. The van der Waals surface area contributed by atoms with Gasteiger partial charge in [-0.15, -0.1) is 0 Å². The van der Waals surface area contributed by atoms with Gasteiger partial charge in [-0.1, -0.05) is 46.3 Å². The molecule has 0 saturated heterocycles. The van der Waals surface area contributed by atoms with Crippen LogP contribution in [-0.4, -0.2) is 18.9 Å². The summed E-state index contributed by atoms with van der Waals surface area (Å²) < 4.78 is 0.885. The van der Waals surface area contributed by atoms with Gasteiger partial charge in [-0.05, 0) is 35.9 Å². The predicted octanol–water partition coefficient (Wildman–Crippen LogP) is 2.97. The molecule has 2 N–H and O–H groups in total. The molecule has 0 spiro atoms. The zero-order valence-electron chi connectivity index (χ0n) is 12.0. The molecule has 0 aliphatic heterocycles. The van der Waals surface area contributed by atoms with Gasteiger partial charge in [0.05, 0.1) is 0 Å². The second-order valence-corrected chi connectivity index (χ2v) is 5.42. The maximum absolute atomic E-state index is 12.2. The monoisotopic (exact) mass is 358 g/mol. The Bertz CT molecular complexity index is 694. The highest BCUT2D eigenvalue weighted by atomic mass is 79.9. The molecule has 5 heteroatoms. The Kier molecular flexibility index (Phi) is 5.49. The highest BCUT2D eigenvalue weighted by Crippen LogP contribution is 2.11. The van der Waals surface area contributed by atoms with E-state index in [1.54, 1.807) is 30.3 Å². The summed E-state index contributed by atoms with van der Waals surface area (Å²) in [5.74, 6) is -0.687. The normalized spacial score (nSPS) is 10.9. The summed E-state index contributed by atoms with van der Waals surface area (Å²) in [5, 5.41) is 5.17. The van der Waals surface area contributed by atoms with Crippen molar-refractivity contribution in [2.24, 2.45) is 0 Å². The van der Waals surface area contributed by atoms with E-state index in [0.29, 0.717) is 5.56 Å². The lowest BCUT2D eigenvalue weighted by molar-refractivity contribution is -0.117. The third-order valence-electron chi connectivity index (χ3n) is 2.94. The van der Waals surface area contributed by atoms with E-state index in [2.05, 4.69) is 26.6 Å². The molecule has 0 aliphatic carbocycles. The van der Waals surface area contributed by atoms with E-state index in [-0.39, 0.29) is 17.5 Å². The zero-order valence-corrected chi connectivity index (χ0v) is 13.6. The number of halogens is 1. The molecule has 0 bridgehead atoms. The summed E-state index contributed by atoms with van der Waals surface area (Å²) in [6.07, 6.45) is 1.63. The van der Waals surface area contributed by atoms with Crippen molar-refractivity contribution in [3.05, 3.63) is 75.9 Å². The smallest absolute Gasteiger partial charge is 0.267 e. The molecule has 0 heterocycles. The van der Waals surface area contributed by atoms with Crippen LogP contribution in [0.4, 0.5) is 0 Å². The van der Waals surface area contributed by atoms with Crippen molar-refractivity contribution in [3.63, 3.8) is 0 Å². The highest BCUT2D eigenvalue weighted by Gasteiger charge is 2.13. The summed E-state index contributed by atoms with van der Waals surface area (Å²) in [6, 6.07) is 16.2. The van der Waals surface area contributed by atoms with E-state index in [1.165, 1.54) is 7.05 Å². The summed E-state index contributed by atoms with van der Waals surface area (Å²) >= 11 is 3.32.